The second-order valence-corrected chi connectivity index (χ2v) is 10.8. The van der Waals surface area contributed by atoms with Gasteiger partial charge in [0.15, 0.2) is 22.0 Å². The molecule has 4 rings (SSSR count). The summed E-state index contributed by atoms with van der Waals surface area (Å²) in [5, 5.41) is 22.9. The van der Waals surface area contributed by atoms with Gasteiger partial charge >= 0.3 is 12.2 Å². The van der Waals surface area contributed by atoms with E-state index in [1.54, 1.807) is 6.92 Å². The van der Waals surface area contributed by atoms with Crippen molar-refractivity contribution in [2.75, 3.05) is 17.7 Å². The summed E-state index contributed by atoms with van der Waals surface area (Å²) in [5.74, 6) is -0.452. The van der Waals surface area contributed by atoms with Gasteiger partial charge in [-0.25, -0.2) is 13.2 Å². The fraction of sp³-hybridized carbons (Fsp3) is 0.320. The number of aliphatic hydroxyl groups is 1. The zero-order chi connectivity index (χ0) is 28.0. The predicted molar refractivity (Wildman–Crippen MR) is 129 cm³/mol. The molecule has 9 nitrogen and oxygen atoms in total. The molecule has 200 valence electrons. The molecule has 13 heteroatoms. The number of benzene rings is 2. The van der Waals surface area contributed by atoms with Crippen LogP contribution in [0.15, 0.2) is 58.6 Å². The quantitative estimate of drug-likeness (QED) is 0.529. The first-order valence-corrected chi connectivity index (χ1v) is 13.4. The van der Waals surface area contributed by atoms with Crippen molar-refractivity contribution in [3.05, 3.63) is 70.4 Å². The number of Topliss-reactive ketones (excluding diaryl/α,β-unsaturated/α-hetero) is 1. The number of hydrogen-bond acceptors (Lipinski definition) is 7. The van der Waals surface area contributed by atoms with Crippen molar-refractivity contribution in [1.82, 2.24) is 10.2 Å². The lowest BCUT2D eigenvalue weighted by molar-refractivity contribution is -0.137. The van der Waals surface area contributed by atoms with E-state index in [-0.39, 0.29) is 52.4 Å². The summed E-state index contributed by atoms with van der Waals surface area (Å²) in [6.45, 7) is 1.79. The Morgan fingerprint density at radius 1 is 1.18 bits per heavy atom. The minimum absolute atomic E-state index is 0.0162. The molecule has 0 aromatic heterocycles. The second kappa shape index (κ2) is 9.86. The highest BCUT2D eigenvalue weighted by Crippen LogP contribution is 2.47. The molecule has 1 unspecified atom stereocenters. The normalized spacial score (nSPS) is 19.0. The Morgan fingerprint density at radius 2 is 1.89 bits per heavy atom. The molecule has 2 atom stereocenters. The van der Waals surface area contributed by atoms with Crippen LogP contribution in [0.25, 0.3) is 0 Å². The number of carbonyl (C=O) groups excluding carboxylic acids is 2. The van der Waals surface area contributed by atoms with Crippen LogP contribution < -0.4 is 10.2 Å². The number of halogens is 3. The van der Waals surface area contributed by atoms with Crippen molar-refractivity contribution in [1.29, 1.82) is 5.26 Å². The van der Waals surface area contributed by atoms with Crippen molar-refractivity contribution < 1.29 is 36.3 Å². The topological polar surface area (TPSA) is 131 Å². The zero-order valence-electron chi connectivity index (χ0n) is 20.3. The first kappa shape index (κ1) is 27.3. The molecule has 1 aliphatic heterocycles. The van der Waals surface area contributed by atoms with Crippen LogP contribution in [0.1, 0.15) is 42.5 Å². The molecule has 0 bridgehead atoms. The third-order valence-corrected chi connectivity index (χ3v) is 7.50. The molecule has 0 saturated heterocycles. The molecule has 0 fully saturated rings. The van der Waals surface area contributed by atoms with Gasteiger partial charge in [0.2, 0.25) is 0 Å². The van der Waals surface area contributed by atoms with Gasteiger partial charge in [-0.15, -0.1) is 0 Å². The van der Waals surface area contributed by atoms with Gasteiger partial charge in [-0.3, -0.25) is 19.9 Å². The van der Waals surface area contributed by atoms with Crippen LogP contribution in [-0.2, 0) is 20.8 Å². The number of allylic oxidation sites excluding steroid dienone is 1. The average molecular weight is 549 g/mol. The summed E-state index contributed by atoms with van der Waals surface area (Å²) in [7, 11) is -3.99. The van der Waals surface area contributed by atoms with Crippen LogP contribution >= 0.6 is 0 Å². The van der Waals surface area contributed by atoms with Gasteiger partial charge in [0.05, 0.1) is 33.8 Å². The van der Waals surface area contributed by atoms with E-state index < -0.39 is 45.8 Å². The van der Waals surface area contributed by atoms with E-state index >= 15 is 0 Å². The van der Waals surface area contributed by atoms with Crippen LogP contribution in [0.5, 0.6) is 0 Å². The van der Waals surface area contributed by atoms with Gasteiger partial charge < -0.3 is 5.11 Å². The van der Waals surface area contributed by atoms with Crippen molar-refractivity contribution in [2.24, 2.45) is 0 Å². The zero-order valence-corrected chi connectivity index (χ0v) is 21.1. The summed E-state index contributed by atoms with van der Waals surface area (Å²) in [5.41, 5.74) is -1.08. The smallest absolute Gasteiger partial charge is 0.361 e. The number of urea groups is 1. The van der Waals surface area contributed by atoms with Gasteiger partial charge in [0, 0.05) is 23.9 Å². The van der Waals surface area contributed by atoms with Crippen molar-refractivity contribution >= 4 is 27.3 Å². The van der Waals surface area contributed by atoms with E-state index in [1.807, 2.05) is 6.07 Å². The molecular formula is C25H23F3N4O5S. The average Bonchev–Trinajstić information content (AvgIpc) is 3.22. The number of sulfone groups is 1. The Balaban J connectivity index is 2.02. The molecule has 0 radical (unpaired) electrons. The maximum atomic E-state index is 13.9. The largest absolute Gasteiger partial charge is 0.416 e. The highest BCUT2D eigenvalue weighted by Gasteiger charge is 2.49. The van der Waals surface area contributed by atoms with E-state index in [0.717, 1.165) is 40.3 Å². The number of carbonyl (C=O) groups is 2. The third-order valence-electron chi connectivity index (χ3n) is 6.35. The number of ketones is 1. The van der Waals surface area contributed by atoms with Gasteiger partial charge in [0.1, 0.15) is 0 Å². The summed E-state index contributed by atoms with van der Waals surface area (Å²) in [4.78, 5) is 28.6. The Hall–Kier alpha value is -3.73. The molecule has 1 aliphatic carbocycles. The Morgan fingerprint density at radius 3 is 2.50 bits per heavy atom. The van der Waals surface area contributed by atoms with Crippen molar-refractivity contribution in [3.8, 4) is 6.07 Å². The lowest BCUT2D eigenvalue weighted by atomic mass is 9.92. The number of hydrogen-bond donors (Lipinski definition) is 2. The van der Waals surface area contributed by atoms with Crippen LogP contribution in [-0.4, -0.2) is 49.4 Å². The van der Waals surface area contributed by atoms with Gasteiger partial charge in [0.25, 0.3) is 0 Å². The lowest BCUT2D eigenvalue weighted by Crippen LogP contribution is -2.58. The van der Waals surface area contributed by atoms with Crippen LogP contribution in [0, 0.1) is 11.3 Å². The number of alkyl halides is 3. The molecule has 2 aromatic carbocycles. The van der Waals surface area contributed by atoms with Gasteiger partial charge in [-0.05, 0) is 48.9 Å². The summed E-state index contributed by atoms with van der Waals surface area (Å²) < 4.78 is 65.8. The molecule has 2 amide bonds. The number of nitriles is 1. The minimum Gasteiger partial charge on any atom is -0.361 e. The predicted octanol–water partition coefficient (Wildman–Crippen LogP) is 3.47. The van der Waals surface area contributed by atoms with Crippen LogP contribution in [0.3, 0.4) is 0 Å². The number of rotatable bonds is 6. The summed E-state index contributed by atoms with van der Waals surface area (Å²) >= 11 is 0. The highest BCUT2D eigenvalue weighted by atomic mass is 32.2. The van der Waals surface area contributed by atoms with E-state index in [0.29, 0.717) is 0 Å². The van der Waals surface area contributed by atoms with Gasteiger partial charge in [-0.1, -0.05) is 19.1 Å². The molecule has 1 heterocycles. The number of amides is 2. The molecule has 2 aliphatic rings. The van der Waals surface area contributed by atoms with Crippen molar-refractivity contribution in [3.63, 3.8) is 0 Å². The third kappa shape index (κ3) is 4.78. The molecule has 0 spiro atoms. The SMILES string of the molecule is CCNC(O)N1C(=O)N(c2cccc(C(F)(F)F)c2)C2=C(C(=O)CC2)[C@H]1c1ccc(C#N)cc1S(C)(=O)=O. The molecular weight excluding hydrogens is 525 g/mol. The first-order valence-electron chi connectivity index (χ1n) is 11.5. The monoisotopic (exact) mass is 548 g/mol. The Labute approximate surface area is 216 Å². The molecule has 2 aromatic rings. The molecule has 38 heavy (non-hydrogen) atoms. The maximum Gasteiger partial charge on any atom is 0.416 e. The van der Waals surface area contributed by atoms with Crippen LogP contribution in [0.4, 0.5) is 23.7 Å². The van der Waals surface area contributed by atoms with E-state index in [1.165, 1.54) is 18.2 Å². The maximum absolute atomic E-state index is 13.9. The van der Waals surface area contributed by atoms with Gasteiger partial charge in [-0.2, -0.15) is 18.4 Å². The van der Waals surface area contributed by atoms with Crippen LogP contribution in [0.2, 0.25) is 0 Å². The van der Waals surface area contributed by atoms with E-state index in [2.05, 4.69) is 5.32 Å². The number of nitrogens with one attached hydrogen (secondary N) is 1. The Kier molecular flexibility index (Phi) is 7.09. The Bertz CT molecular complexity index is 1500. The number of nitrogens with zero attached hydrogens (tertiary/aromatic N) is 3. The van der Waals surface area contributed by atoms with E-state index in [4.69, 9.17) is 0 Å². The number of aliphatic hydroxyl groups excluding tert-OH is 1. The highest BCUT2D eigenvalue weighted by molar-refractivity contribution is 7.90. The van der Waals surface area contributed by atoms with E-state index in [9.17, 15) is 41.5 Å². The fourth-order valence-corrected chi connectivity index (χ4v) is 5.70. The first-order chi connectivity index (χ1) is 17.8. The standard InChI is InChI=1S/C25H23F3N4O5S/c1-3-30-23(34)32-22(17-8-7-14(13-29)11-20(17)38(2,36)37)21-18(9-10-19(21)33)31(24(32)35)16-6-4-5-15(12-16)25(26,27)28/h4-8,11-12,22-23,30,34H,3,9-10H2,1-2H3/t22-,23?/m1/s1. The minimum atomic E-state index is -4.70. The lowest BCUT2D eigenvalue weighted by Gasteiger charge is -2.44. The molecule has 0 saturated carbocycles. The fourth-order valence-electron chi connectivity index (χ4n) is 4.76. The van der Waals surface area contributed by atoms with Crippen molar-refractivity contribution in [2.45, 2.75) is 43.2 Å². The number of anilines is 1. The second-order valence-electron chi connectivity index (χ2n) is 8.83. The molecule has 2 N–H and O–H groups in total. The summed E-state index contributed by atoms with van der Waals surface area (Å²) in [6.07, 6.45) is -5.59. The summed E-state index contributed by atoms with van der Waals surface area (Å²) in [6, 6.07) is 7.26.